The fourth-order valence-corrected chi connectivity index (χ4v) is 4.71. The zero-order valence-corrected chi connectivity index (χ0v) is 16.8. The molecule has 2 aromatic rings. The summed E-state index contributed by atoms with van der Waals surface area (Å²) in [5, 5.41) is 1.91. The first-order valence-corrected chi connectivity index (χ1v) is 10.9. The highest BCUT2D eigenvalue weighted by atomic mass is 32.1. The number of pyridine rings is 1. The predicted molar refractivity (Wildman–Crippen MR) is 109 cm³/mol. The summed E-state index contributed by atoms with van der Waals surface area (Å²) in [6.07, 6.45) is 4.56. The number of amides is 2. The maximum absolute atomic E-state index is 13.2. The van der Waals surface area contributed by atoms with Gasteiger partial charge in [0, 0.05) is 45.5 Å². The molecule has 0 N–H and O–H groups in total. The van der Waals surface area contributed by atoms with Crippen molar-refractivity contribution in [3.8, 4) is 0 Å². The van der Waals surface area contributed by atoms with Crippen molar-refractivity contribution in [1.29, 1.82) is 0 Å². The molecule has 2 aromatic heterocycles. The van der Waals surface area contributed by atoms with E-state index in [1.807, 2.05) is 46.8 Å². The Hall–Kier alpha value is -2.25. The molecular weight excluding hydrogens is 372 g/mol. The monoisotopic (exact) mass is 398 g/mol. The standard InChI is InChI=1S/C21H26N4O2S/c26-20(18-7-2-4-10-25(18)21(27)19-8-5-15-28-19)24-13-11-23(12-14-24)16-17-6-1-3-9-22-17/h1,3,5-6,8-9,15,18H,2,4,7,10-14,16H2. The summed E-state index contributed by atoms with van der Waals surface area (Å²) >= 11 is 1.45. The Balaban J connectivity index is 1.36. The quantitative estimate of drug-likeness (QED) is 0.794. The van der Waals surface area contributed by atoms with Gasteiger partial charge in [-0.3, -0.25) is 19.5 Å². The third-order valence-electron chi connectivity index (χ3n) is 5.58. The van der Waals surface area contributed by atoms with E-state index in [0.29, 0.717) is 19.6 Å². The van der Waals surface area contributed by atoms with E-state index in [0.717, 1.165) is 49.5 Å². The summed E-state index contributed by atoms with van der Waals surface area (Å²) < 4.78 is 0. The van der Waals surface area contributed by atoms with Crippen LogP contribution >= 0.6 is 11.3 Å². The Kier molecular flexibility index (Phi) is 6.02. The number of piperidine rings is 1. The Morgan fingerprint density at radius 3 is 2.61 bits per heavy atom. The van der Waals surface area contributed by atoms with Gasteiger partial charge in [0.2, 0.25) is 5.91 Å². The first kappa shape index (κ1) is 19.1. The molecule has 7 heteroatoms. The molecule has 1 atom stereocenters. The van der Waals surface area contributed by atoms with E-state index in [1.54, 1.807) is 4.90 Å². The Labute approximate surface area is 169 Å². The van der Waals surface area contributed by atoms with E-state index >= 15 is 0 Å². The van der Waals surface area contributed by atoms with Crippen LogP contribution in [-0.4, -0.2) is 70.3 Å². The molecule has 2 amide bonds. The molecule has 2 fully saturated rings. The number of piperazine rings is 1. The van der Waals surface area contributed by atoms with Gasteiger partial charge in [-0.2, -0.15) is 0 Å². The lowest BCUT2D eigenvalue weighted by molar-refractivity contribution is -0.139. The zero-order chi connectivity index (χ0) is 19.3. The fraction of sp³-hybridized carbons (Fsp3) is 0.476. The smallest absolute Gasteiger partial charge is 0.264 e. The van der Waals surface area contributed by atoms with E-state index in [-0.39, 0.29) is 17.9 Å². The van der Waals surface area contributed by atoms with E-state index in [1.165, 1.54) is 11.3 Å². The number of hydrogen-bond acceptors (Lipinski definition) is 5. The molecule has 2 saturated heterocycles. The summed E-state index contributed by atoms with van der Waals surface area (Å²) in [5.41, 5.74) is 1.06. The summed E-state index contributed by atoms with van der Waals surface area (Å²) in [7, 11) is 0. The van der Waals surface area contributed by atoms with Crippen LogP contribution in [0, 0.1) is 0 Å². The van der Waals surface area contributed by atoms with Crippen molar-refractivity contribution >= 4 is 23.2 Å². The highest BCUT2D eigenvalue weighted by Gasteiger charge is 2.36. The van der Waals surface area contributed by atoms with Gasteiger partial charge in [0.1, 0.15) is 6.04 Å². The van der Waals surface area contributed by atoms with Crippen LogP contribution in [0.5, 0.6) is 0 Å². The average Bonchev–Trinajstić information content (AvgIpc) is 3.29. The molecule has 148 valence electrons. The Morgan fingerprint density at radius 1 is 1.04 bits per heavy atom. The molecule has 0 radical (unpaired) electrons. The number of rotatable bonds is 4. The van der Waals surface area contributed by atoms with Gasteiger partial charge in [-0.25, -0.2) is 0 Å². The lowest BCUT2D eigenvalue weighted by atomic mass is 10.00. The normalized spacial score (nSPS) is 20.9. The number of hydrogen-bond donors (Lipinski definition) is 0. The third-order valence-corrected chi connectivity index (χ3v) is 6.43. The molecule has 6 nitrogen and oxygen atoms in total. The first-order chi connectivity index (χ1) is 13.7. The van der Waals surface area contributed by atoms with E-state index < -0.39 is 0 Å². The average molecular weight is 399 g/mol. The van der Waals surface area contributed by atoms with Crippen molar-refractivity contribution in [3.05, 3.63) is 52.5 Å². The Bertz CT molecular complexity index is 788. The summed E-state index contributed by atoms with van der Waals surface area (Å²) in [5.74, 6) is 0.115. The topological polar surface area (TPSA) is 56.8 Å². The van der Waals surface area contributed by atoms with Crippen LogP contribution in [0.3, 0.4) is 0 Å². The number of thiophene rings is 1. The van der Waals surface area contributed by atoms with Crippen LogP contribution in [0.1, 0.15) is 34.6 Å². The van der Waals surface area contributed by atoms with E-state index in [4.69, 9.17) is 0 Å². The molecule has 0 spiro atoms. The molecule has 4 heterocycles. The molecule has 2 aliphatic heterocycles. The van der Waals surface area contributed by atoms with Crippen LogP contribution in [0.15, 0.2) is 41.9 Å². The van der Waals surface area contributed by atoms with Gasteiger partial charge >= 0.3 is 0 Å². The second-order valence-electron chi connectivity index (χ2n) is 7.41. The largest absolute Gasteiger partial charge is 0.338 e. The van der Waals surface area contributed by atoms with Gasteiger partial charge in [-0.05, 0) is 42.8 Å². The molecule has 0 saturated carbocycles. The zero-order valence-electron chi connectivity index (χ0n) is 16.0. The van der Waals surface area contributed by atoms with Gasteiger partial charge in [0.15, 0.2) is 0 Å². The molecule has 1 unspecified atom stereocenters. The maximum Gasteiger partial charge on any atom is 0.264 e. The number of nitrogens with zero attached hydrogens (tertiary/aromatic N) is 4. The summed E-state index contributed by atoms with van der Waals surface area (Å²) in [4.78, 5) is 37.3. The molecular formula is C21H26N4O2S. The lowest BCUT2D eigenvalue weighted by Gasteiger charge is -2.40. The Morgan fingerprint density at radius 2 is 1.89 bits per heavy atom. The van der Waals surface area contributed by atoms with E-state index in [9.17, 15) is 9.59 Å². The van der Waals surface area contributed by atoms with Gasteiger partial charge in [-0.15, -0.1) is 11.3 Å². The number of likely N-dealkylation sites (tertiary alicyclic amines) is 1. The molecule has 0 bridgehead atoms. The second kappa shape index (κ2) is 8.84. The van der Waals surface area contributed by atoms with Crippen molar-refractivity contribution in [2.45, 2.75) is 31.8 Å². The van der Waals surface area contributed by atoms with Gasteiger partial charge in [0.05, 0.1) is 10.6 Å². The number of carbonyl (C=O) groups is 2. The van der Waals surface area contributed by atoms with Gasteiger partial charge in [0.25, 0.3) is 5.91 Å². The first-order valence-electron chi connectivity index (χ1n) is 9.98. The van der Waals surface area contributed by atoms with Crippen LogP contribution < -0.4 is 0 Å². The van der Waals surface area contributed by atoms with Crippen molar-refractivity contribution in [1.82, 2.24) is 19.7 Å². The third kappa shape index (κ3) is 4.25. The van der Waals surface area contributed by atoms with Crippen LogP contribution in [0.25, 0.3) is 0 Å². The SMILES string of the molecule is O=C(C1CCCCN1C(=O)c1cccs1)N1CCN(Cc2ccccn2)CC1. The van der Waals surface area contributed by atoms with E-state index in [2.05, 4.69) is 9.88 Å². The predicted octanol–water partition coefficient (Wildman–Crippen LogP) is 2.48. The van der Waals surface area contributed by atoms with Gasteiger partial charge in [-0.1, -0.05) is 12.1 Å². The van der Waals surface area contributed by atoms with Crippen LogP contribution in [0.4, 0.5) is 0 Å². The molecule has 2 aliphatic rings. The molecule has 0 aliphatic carbocycles. The number of carbonyl (C=O) groups excluding carboxylic acids is 2. The van der Waals surface area contributed by atoms with Gasteiger partial charge < -0.3 is 9.80 Å². The maximum atomic E-state index is 13.2. The van der Waals surface area contributed by atoms with Crippen LogP contribution in [0.2, 0.25) is 0 Å². The van der Waals surface area contributed by atoms with Crippen molar-refractivity contribution < 1.29 is 9.59 Å². The lowest BCUT2D eigenvalue weighted by Crippen LogP contribution is -2.57. The highest BCUT2D eigenvalue weighted by molar-refractivity contribution is 7.12. The molecule has 0 aromatic carbocycles. The summed E-state index contributed by atoms with van der Waals surface area (Å²) in [6, 6.07) is 9.38. The molecule has 28 heavy (non-hydrogen) atoms. The number of aromatic nitrogens is 1. The minimum atomic E-state index is -0.314. The van der Waals surface area contributed by atoms with Crippen molar-refractivity contribution in [3.63, 3.8) is 0 Å². The second-order valence-corrected chi connectivity index (χ2v) is 8.36. The summed E-state index contributed by atoms with van der Waals surface area (Å²) in [6.45, 7) is 4.59. The molecule has 4 rings (SSSR count). The van der Waals surface area contributed by atoms with Crippen LogP contribution in [-0.2, 0) is 11.3 Å². The fourth-order valence-electron chi connectivity index (χ4n) is 4.03. The van der Waals surface area contributed by atoms with Crippen molar-refractivity contribution in [2.75, 3.05) is 32.7 Å². The minimum Gasteiger partial charge on any atom is -0.338 e. The minimum absolute atomic E-state index is 0.00170. The highest BCUT2D eigenvalue weighted by Crippen LogP contribution is 2.23. The van der Waals surface area contributed by atoms with Crippen molar-refractivity contribution in [2.24, 2.45) is 0 Å².